The lowest BCUT2D eigenvalue weighted by molar-refractivity contribution is 0.452. The first-order valence-electron chi connectivity index (χ1n) is 5.78. The lowest BCUT2D eigenvalue weighted by atomic mass is 10.2. The first-order chi connectivity index (χ1) is 7.72. The average molecular weight is 218 g/mol. The molecule has 0 fully saturated rings. The number of pyridine rings is 1. The van der Waals surface area contributed by atoms with Gasteiger partial charge in [-0.1, -0.05) is 13.0 Å². The molecule has 0 saturated heterocycles. The molecule has 0 bridgehead atoms. The van der Waals surface area contributed by atoms with Crippen molar-refractivity contribution >= 4 is 5.65 Å². The summed E-state index contributed by atoms with van der Waals surface area (Å²) in [6.07, 6.45) is 3.11. The number of fused-ring (bicyclic) bond motifs is 1. The minimum atomic E-state index is 0.215. The van der Waals surface area contributed by atoms with Crippen molar-refractivity contribution in [1.82, 2.24) is 19.9 Å². The summed E-state index contributed by atoms with van der Waals surface area (Å²) in [7, 11) is 0. The fourth-order valence-electron chi connectivity index (χ4n) is 1.77. The van der Waals surface area contributed by atoms with Crippen LogP contribution in [0, 0.1) is 0 Å². The standard InChI is InChI=1S/C12H18N4/c1-4-9(2)13-10(3)12-15-14-11-7-5-6-8-16(11)12/h5-10,13H,4H2,1-3H3/t9-,10-/m1/s1. The van der Waals surface area contributed by atoms with Gasteiger partial charge in [0.2, 0.25) is 0 Å². The molecule has 0 spiro atoms. The van der Waals surface area contributed by atoms with E-state index in [0.29, 0.717) is 6.04 Å². The summed E-state index contributed by atoms with van der Waals surface area (Å²) >= 11 is 0. The Labute approximate surface area is 95.7 Å². The van der Waals surface area contributed by atoms with Gasteiger partial charge in [-0.05, 0) is 32.4 Å². The number of nitrogens with one attached hydrogen (secondary N) is 1. The summed E-state index contributed by atoms with van der Waals surface area (Å²) in [5.41, 5.74) is 0.898. The molecule has 4 heteroatoms. The first-order valence-corrected chi connectivity index (χ1v) is 5.78. The number of nitrogens with zero attached hydrogens (tertiary/aromatic N) is 3. The van der Waals surface area contributed by atoms with Gasteiger partial charge < -0.3 is 5.32 Å². The fraction of sp³-hybridized carbons (Fsp3) is 0.500. The van der Waals surface area contributed by atoms with E-state index < -0.39 is 0 Å². The molecule has 16 heavy (non-hydrogen) atoms. The molecule has 0 aliphatic rings. The maximum atomic E-state index is 4.23. The van der Waals surface area contributed by atoms with Crippen LogP contribution in [0.15, 0.2) is 24.4 Å². The molecule has 86 valence electrons. The van der Waals surface area contributed by atoms with Crippen molar-refractivity contribution in [2.75, 3.05) is 0 Å². The Morgan fingerprint density at radius 3 is 2.88 bits per heavy atom. The van der Waals surface area contributed by atoms with Crippen LogP contribution in [0.4, 0.5) is 0 Å². The van der Waals surface area contributed by atoms with Gasteiger partial charge in [-0.15, -0.1) is 10.2 Å². The van der Waals surface area contributed by atoms with E-state index in [1.54, 1.807) is 0 Å². The third-order valence-corrected chi connectivity index (χ3v) is 2.87. The van der Waals surface area contributed by atoms with Crippen LogP contribution in [-0.2, 0) is 0 Å². The Kier molecular flexibility index (Phi) is 3.19. The van der Waals surface area contributed by atoms with Crippen LogP contribution in [-0.4, -0.2) is 20.6 Å². The second-order valence-corrected chi connectivity index (χ2v) is 4.18. The smallest absolute Gasteiger partial charge is 0.160 e. The van der Waals surface area contributed by atoms with Gasteiger partial charge in [0, 0.05) is 12.2 Å². The topological polar surface area (TPSA) is 42.2 Å². The molecule has 0 saturated carbocycles. The highest BCUT2D eigenvalue weighted by atomic mass is 15.3. The van der Waals surface area contributed by atoms with E-state index >= 15 is 0 Å². The van der Waals surface area contributed by atoms with Crippen molar-refractivity contribution in [3.63, 3.8) is 0 Å². The molecule has 2 rings (SSSR count). The van der Waals surface area contributed by atoms with E-state index in [4.69, 9.17) is 0 Å². The van der Waals surface area contributed by atoms with Gasteiger partial charge in [0.1, 0.15) is 0 Å². The van der Waals surface area contributed by atoms with Gasteiger partial charge in [0.25, 0.3) is 0 Å². The molecular weight excluding hydrogens is 200 g/mol. The van der Waals surface area contributed by atoms with Crippen LogP contribution in [0.2, 0.25) is 0 Å². The Balaban J connectivity index is 2.26. The van der Waals surface area contributed by atoms with Gasteiger partial charge in [0.15, 0.2) is 11.5 Å². The lowest BCUT2D eigenvalue weighted by Gasteiger charge is -2.17. The zero-order chi connectivity index (χ0) is 11.5. The van der Waals surface area contributed by atoms with Crippen LogP contribution >= 0.6 is 0 Å². The second kappa shape index (κ2) is 4.61. The van der Waals surface area contributed by atoms with Gasteiger partial charge >= 0.3 is 0 Å². The molecule has 4 nitrogen and oxygen atoms in total. The Bertz CT molecular complexity index is 463. The minimum absolute atomic E-state index is 0.215. The number of hydrogen-bond donors (Lipinski definition) is 1. The molecule has 0 aromatic carbocycles. The SMILES string of the molecule is CC[C@@H](C)N[C@H](C)c1nnc2ccccn12. The van der Waals surface area contributed by atoms with Crippen LogP contribution in [0.25, 0.3) is 5.65 Å². The maximum Gasteiger partial charge on any atom is 0.160 e. The van der Waals surface area contributed by atoms with E-state index in [-0.39, 0.29) is 6.04 Å². The van der Waals surface area contributed by atoms with Crippen LogP contribution < -0.4 is 5.32 Å². The number of hydrogen-bond acceptors (Lipinski definition) is 3. The monoisotopic (exact) mass is 218 g/mol. The highest BCUT2D eigenvalue weighted by molar-refractivity contribution is 5.37. The molecule has 1 N–H and O–H groups in total. The van der Waals surface area contributed by atoms with Crippen LogP contribution in [0.1, 0.15) is 39.1 Å². The normalized spacial score (nSPS) is 15.2. The Morgan fingerprint density at radius 2 is 2.12 bits per heavy atom. The summed E-state index contributed by atoms with van der Waals surface area (Å²) in [5, 5.41) is 11.9. The quantitative estimate of drug-likeness (QED) is 0.855. The molecule has 2 aromatic heterocycles. The summed E-state index contributed by atoms with van der Waals surface area (Å²) in [6, 6.07) is 6.64. The van der Waals surface area contributed by atoms with Crippen molar-refractivity contribution in [1.29, 1.82) is 0 Å². The van der Waals surface area contributed by atoms with Crippen molar-refractivity contribution in [2.45, 2.75) is 39.3 Å². The summed E-state index contributed by atoms with van der Waals surface area (Å²) in [6.45, 7) is 6.47. The van der Waals surface area contributed by atoms with E-state index in [0.717, 1.165) is 17.9 Å². The van der Waals surface area contributed by atoms with Crippen LogP contribution in [0.5, 0.6) is 0 Å². The van der Waals surface area contributed by atoms with E-state index in [2.05, 4.69) is 36.3 Å². The average Bonchev–Trinajstić information content (AvgIpc) is 2.72. The highest BCUT2D eigenvalue weighted by Crippen LogP contribution is 2.12. The van der Waals surface area contributed by atoms with Crippen molar-refractivity contribution in [3.05, 3.63) is 30.2 Å². The zero-order valence-corrected chi connectivity index (χ0v) is 10.0. The van der Waals surface area contributed by atoms with Gasteiger partial charge in [-0.25, -0.2) is 0 Å². The molecule has 0 unspecified atom stereocenters. The predicted octanol–water partition coefficient (Wildman–Crippen LogP) is 2.18. The molecule has 0 aliphatic carbocycles. The van der Waals surface area contributed by atoms with Crippen molar-refractivity contribution in [3.8, 4) is 0 Å². The fourth-order valence-corrected chi connectivity index (χ4v) is 1.77. The van der Waals surface area contributed by atoms with E-state index in [1.807, 2.05) is 28.8 Å². The highest BCUT2D eigenvalue weighted by Gasteiger charge is 2.14. The molecule has 2 aromatic rings. The summed E-state index contributed by atoms with van der Waals surface area (Å²) < 4.78 is 2.03. The summed E-state index contributed by atoms with van der Waals surface area (Å²) in [4.78, 5) is 0. The lowest BCUT2D eigenvalue weighted by Crippen LogP contribution is -2.29. The molecule has 2 atom stereocenters. The minimum Gasteiger partial charge on any atom is -0.305 e. The summed E-state index contributed by atoms with van der Waals surface area (Å²) in [5.74, 6) is 0.968. The second-order valence-electron chi connectivity index (χ2n) is 4.18. The predicted molar refractivity (Wildman–Crippen MR) is 64.3 cm³/mol. The third kappa shape index (κ3) is 2.07. The van der Waals surface area contributed by atoms with E-state index in [1.165, 1.54) is 0 Å². The Morgan fingerprint density at radius 1 is 1.31 bits per heavy atom. The van der Waals surface area contributed by atoms with Gasteiger partial charge in [-0.3, -0.25) is 4.40 Å². The Hall–Kier alpha value is -1.42. The molecule has 0 amide bonds. The largest absolute Gasteiger partial charge is 0.305 e. The number of rotatable bonds is 4. The third-order valence-electron chi connectivity index (χ3n) is 2.87. The zero-order valence-electron chi connectivity index (χ0n) is 10.0. The maximum absolute atomic E-state index is 4.23. The van der Waals surface area contributed by atoms with Crippen molar-refractivity contribution in [2.24, 2.45) is 0 Å². The van der Waals surface area contributed by atoms with Gasteiger partial charge in [-0.2, -0.15) is 0 Å². The van der Waals surface area contributed by atoms with Crippen LogP contribution in [0.3, 0.4) is 0 Å². The first kappa shape index (κ1) is 11.1. The van der Waals surface area contributed by atoms with Gasteiger partial charge in [0.05, 0.1) is 6.04 Å². The molecular formula is C12H18N4. The molecule has 2 heterocycles. The number of aromatic nitrogens is 3. The van der Waals surface area contributed by atoms with E-state index in [9.17, 15) is 0 Å². The van der Waals surface area contributed by atoms with Crippen molar-refractivity contribution < 1.29 is 0 Å². The molecule has 0 aliphatic heterocycles. The molecule has 0 radical (unpaired) electrons.